The van der Waals surface area contributed by atoms with Crippen molar-refractivity contribution in [1.82, 2.24) is 20.2 Å². The van der Waals surface area contributed by atoms with Crippen molar-refractivity contribution in [3.8, 4) is 0 Å². The lowest BCUT2D eigenvalue weighted by molar-refractivity contribution is -0.137. The lowest BCUT2D eigenvalue weighted by Crippen LogP contribution is -2.23. The Bertz CT molecular complexity index is 978. The molecule has 0 bridgehead atoms. The molecule has 0 aliphatic carbocycles. The molecule has 1 amide bonds. The monoisotopic (exact) mass is 461 g/mol. The van der Waals surface area contributed by atoms with Crippen molar-refractivity contribution in [2.24, 2.45) is 0 Å². The van der Waals surface area contributed by atoms with Crippen molar-refractivity contribution in [2.45, 2.75) is 36.5 Å². The summed E-state index contributed by atoms with van der Waals surface area (Å²) in [6, 6.07) is 7.20. The van der Waals surface area contributed by atoms with Crippen molar-refractivity contribution in [3.63, 3.8) is 0 Å². The standard InChI is InChI=1S/C17H15ClF3N5OS2/c1-10(15(27)22-11-4-5-14(18)13(9-11)17(19,20)21)29-16-23-24-25-26(16)7-6-12-3-2-8-28-12/h2-5,8-10H,6-7H2,1H3,(H,22,27). The molecule has 3 aromatic rings. The SMILES string of the molecule is CC(Sc1nnnn1CCc1cccs1)C(=O)Nc1ccc(Cl)c(C(F)(F)F)c1. The fraction of sp³-hybridized carbons (Fsp3) is 0.294. The Hall–Kier alpha value is -2.11. The maximum Gasteiger partial charge on any atom is 0.417 e. The van der Waals surface area contributed by atoms with E-state index in [9.17, 15) is 18.0 Å². The Morgan fingerprint density at radius 3 is 2.86 bits per heavy atom. The zero-order chi connectivity index (χ0) is 21.0. The van der Waals surface area contributed by atoms with Crippen molar-refractivity contribution in [3.05, 3.63) is 51.2 Å². The van der Waals surface area contributed by atoms with Gasteiger partial charge in [-0.1, -0.05) is 29.4 Å². The van der Waals surface area contributed by atoms with E-state index >= 15 is 0 Å². The molecule has 1 unspecified atom stereocenters. The number of hydrogen-bond acceptors (Lipinski definition) is 6. The number of aryl methyl sites for hydroxylation is 2. The normalized spacial score (nSPS) is 12.7. The first-order valence-electron chi connectivity index (χ1n) is 8.37. The molecule has 0 fully saturated rings. The van der Waals surface area contributed by atoms with Crippen molar-refractivity contribution >= 4 is 46.3 Å². The third-order valence-electron chi connectivity index (χ3n) is 3.84. The number of aromatic nitrogens is 4. The number of thioether (sulfide) groups is 1. The second-order valence-corrected chi connectivity index (χ2v) is 8.70. The average molecular weight is 462 g/mol. The van der Waals surface area contributed by atoms with Crippen LogP contribution in [-0.4, -0.2) is 31.4 Å². The molecule has 0 spiro atoms. The van der Waals surface area contributed by atoms with Crippen molar-refractivity contribution in [2.75, 3.05) is 5.32 Å². The number of thiophene rings is 1. The molecule has 6 nitrogen and oxygen atoms in total. The molecule has 29 heavy (non-hydrogen) atoms. The van der Waals surface area contributed by atoms with Crippen LogP contribution in [0.25, 0.3) is 0 Å². The Balaban J connectivity index is 1.62. The number of carbonyl (C=O) groups is 1. The minimum atomic E-state index is -4.61. The van der Waals surface area contributed by atoms with Crippen LogP contribution in [0.4, 0.5) is 18.9 Å². The summed E-state index contributed by atoms with van der Waals surface area (Å²) < 4.78 is 40.5. The zero-order valence-electron chi connectivity index (χ0n) is 15.0. The van der Waals surface area contributed by atoms with E-state index in [1.54, 1.807) is 22.9 Å². The summed E-state index contributed by atoms with van der Waals surface area (Å²) in [4.78, 5) is 13.6. The van der Waals surface area contributed by atoms with Crippen LogP contribution < -0.4 is 5.32 Å². The molecule has 1 atom stereocenters. The molecule has 2 aromatic heterocycles. The number of carbonyl (C=O) groups excluding carboxylic acids is 1. The molecule has 12 heteroatoms. The van der Waals surface area contributed by atoms with Gasteiger partial charge in [0.15, 0.2) is 0 Å². The largest absolute Gasteiger partial charge is 0.417 e. The van der Waals surface area contributed by atoms with E-state index in [0.29, 0.717) is 11.7 Å². The van der Waals surface area contributed by atoms with Gasteiger partial charge in [-0.3, -0.25) is 4.79 Å². The lowest BCUT2D eigenvalue weighted by atomic mass is 10.2. The Morgan fingerprint density at radius 2 is 2.17 bits per heavy atom. The van der Waals surface area contributed by atoms with Crippen LogP contribution in [-0.2, 0) is 23.9 Å². The second kappa shape index (κ2) is 9.14. The van der Waals surface area contributed by atoms with E-state index in [0.717, 1.165) is 30.3 Å². The van der Waals surface area contributed by atoms with Gasteiger partial charge >= 0.3 is 6.18 Å². The summed E-state index contributed by atoms with van der Waals surface area (Å²) in [5.41, 5.74) is -0.994. The number of benzene rings is 1. The molecule has 0 aliphatic heterocycles. The summed E-state index contributed by atoms with van der Waals surface area (Å²) in [5, 5.41) is 15.3. The molecular formula is C17H15ClF3N5OS2. The van der Waals surface area contributed by atoms with Crippen LogP contribution in [0.5, 0.6) is 0 Å². The molecule has 2 heterocycles. The molecule has 1 N–H and O–H groups in total. The third kappa shape index (κ3) is 5.71. The number of tetrazole rings is 1. The van der Waals surface area contributed by atoms with Gasteiger partial charge in [-0.05, 0) is 47.0 Å². The molecule has 154 valence electrons. The van der Waals surface area contributed by atoms with Crippen LogP contribution >= 0.6 is 34.7 Å². The smallest absolute Gasteiger partial charge is 0.325 e. The number of nitrogens with one attached hydrogen (secondary N) is 1. The van der Waals surface area contributed by atoms with E-state index in [2.05, 4.69) is 20.8 Å². The third-order valence-corrected chi connectivity index (χ3v) is 6.18. The van der Waals surface area contributed by atoms with E-state index in [4.69, 9.17) is 11.6 Å². The summed E-state index contributed by atoms with van der Waals surface area (Å²) in [6.45, 7) is 2.18. The summed E-state index contributed by atoms with van der Waals surface area (Å²) in [5.74, 6) is -0.474. The highest BCUT2D eigenvalue weighted by Gasteiger charge is 2.33. The summed E-state index contributed by atoms with van der Waals surface area (Å²) >= 11 is 8.35. The lowest BCUT2D eigenvalue weighted by Gasteiger charge is -2.14. The molecule has 0 aliphatic rings. The fourth-order valence-corrected chi connectivity index (χ4v) is 4.11. The number of hydrogen-bond donors (Lipinski definition) is 1. The van der Waals surface area contributed by atoms with Gasteiger partial charge in [0, 0.05) is 17.0 Å². The highest BCUT2D eigenvalue weighted by molar-refractivity contribution is 8.00. The summed E-state index contributed by atoms with van der Waals surface area (Å²) in [7, 11) is 0. The van der Waals surface area contributed by atoms with E-state index in [-0.39, 0.29) is 5.69 Å². The number of amides is 1. The molecular weight excluding hydrogens is 447 g/mol. The average Bonchev–Trinajstić information content (AvgIpc) is 3.32. The predicted octanol–water partition coefficient (Wildman–Crippen LogP) is 4.77. The zero-order valence-corrected chi connectivity index (χ0v) is 17.4. The minimum absolute atomic E-state index is 0.0106. The maximum atomic E-state index is 13.0. The van der Waals surface area contributed by atoms with Crippen LogP contribution in [0, 0.1) is 0 Å². The molecule has 0 saturated heterocycles. The van der Waals surface area contributed by atoms with Gasteiger partial charge < -0.3 is 5.32 Å². The first-order chi connectivity index (χ1) is 13.7. The molecule has 1 aromatic carbocycles. The second-order valence-electron chi connectivity index (χ2n) is 5.96. The predicted molar refractivity (Wildman–Crippen MR) is 106 cm³/mol. The first kappa shape index (κ1) is 21.6. The number of anilines is 1. The van der Waals surface area contributed by atoms with Crippen LogP contribution in [0.2, 0.25) is 5.02 Å². The number of nitrogens with zero attached hydrogens (tertiary/aromatic N) is 4. The summed E-state index contributed by atoms with van der Waals surface area (Å²) in [6.07, 6.45) is -3.86. The fourth-order valence-electron chi connectivity index (χ4n) is 2.37. The Labute approximate surface area is 177 Å². The quantitative estimate of drug-likeness (QED) is 0.513. The van der Waals surface area contributed by atoms with E-state index in [1.165, 1.54) is 10.9 Å². The van der Waals surface area contributed by atoms with Gasteiger partial charge in [-0.25, -0.2) is 4.68 Å². The molecule has 0 radical (unpaired) electrons. The number of alkyl halides is 3. The first-order valence-corrected chi connectivity index (χ1v) is 10.5. The van der Waals surface area contributed by atoms with Gasteiger partial charge in [0.25, 0.3) is 0 Å². The van der Waals surface area contributed by atoms with Gasteiger partial charge in [0.1, 0.15) is 0 Å². The van der Waals surface area contributed by atoms with Gasteiger partial charge in [0.05, 0.1) is 22.4 Å². The van der Waals surface area contributed by atoms with E-state index < -0.39 is 27.9 Å². The van der Waals surface area contributed by atoms with Crippen molar-refractivity contribution < 1.29 is 18.0 Å². The topological polar surface area (TPSA) is 72.7 Å². The highest BCUT2D eigenvalue weighted by Crippen LogP contribution is 2.36. The van der Waals surface area contributed by atoms with Crippen LogP contribution in [0.3, 0.4) is 0 Å². The highest BCUT2D eigenvalue weighted by atomic mass is 35.5. The Morgan fingerprint density at radius 1 is 1.38 bits per heavy atom. The number of halogens is 4. The van der Waals surface area contributed by atoms with Crippen LogP contribution in [0.15, 0.2) is 40.9 Å². The van der Waals surface area contributed by atoms with E-state index in [1.807, 2.05) is 17.5 Å². The van der Waals surface area contributed by atoms with Gasteiger partial charge in [0.2, 0.25) is 11.1 Å². The maximum absolute atomic E-state index is 13.0. The van der Waals surface area contributed by atoms with Crippen LogP contribution in [0.1, 0.15) is 17.4 Å². The molecule has 0 saturated carbocycles. The molecule has 3 rings (SSSR count). The Kier molecular flexibility index (Phi) is 6.81. The number of rotatable bonds is 7. The minimum Gasteiger partial charge on any atom is -0.325 e. The van der Waals surface area contributed by atoms with Gasteiger partial charge in [-0.15, -0.1) is 16.4 Å². The van der Waals surface area contributed by atoms with Crippen molar-refractivity contribution in [1.29, 1.82) is 0 Å². The van der Waals surface area contributed by atoms with Gasteiger partial charge in [-0.2, -0.15) is 13.2 Å².